The highest BCUT2D eigenvalue weighted by atomic mass is 35.5. The first kappa shape index (κ1) is 19.8. The molecule has 3 saturated carbocycles. The summed E-state index contributed by atoms with van der Waals surface area (Å²) < 4.78 is 5.83. The normalized spacial score (nSPS) is 52.2. The van der Waals surface area contributed by atoms with Gasteiger partial charge < -0.3 is 9.84 Å². The highest BCUT2D eigenvalue weighted by molar-refractivity contribution is 6.32. The second-order valence-electron chi connectivity index (χ2n) is 10.6. The summed E-state index contributed by atoms with van der Waals surface area (Å²) in [6.45, 7) is 7.49. The molecule has 5 aliphatic rings. The molecule has 0 aliphatic heterocycles. The van der Waals surface area contributed by atoms with Crippen LogP contribution < -0.4 is 0 Å². The van der Waals surface area contributed by atoms with Gasteiger partial charge in [0.25, 0.3) is 0 Å². The molecule has 0 radical (unpaired) electrons. The zero-order valence-corrected chi connectivity index (χ0v) is 18.5. The number of aliphatic hydroxyl groups excluding tert-OH is 1. The molecule has 9 atom stereocenters. The summed E-state index contributed by atoms with van der Waals surface area (Å²) in [5.41, 5.74) is -0.263. The number of allylic oxidation sites excluding steroid dienone is 3. The third kappa shape index (κ3) is 2.31. The van der Waals surface area contributed by atoms with Crippen LogP contribution in [0.2, 0.25) is 0 Å². The lowest BCUT2D eigenvalue weighted by atomic mass is 9.47. The molecule has 5 aliphatic carbocycles. The summed E-state index contributed by atoms with van der Waals surface area (Å²) >= 11 is 6.83. The van der Waals surface area contributed by atoms with Crippen LogP contribution in [0.3, 0.4) is 0 Å². The number of aliphatic hydroxyl groups is 1. The molecule has 0 spiro atoms. The van der Waals surface area contributed by atoms with Crippen molar-refractivity contribution in [1.82, 2.24) is 0 Å². The van der Waals surface area contributed by atoms with Crippen molar-refractivity contribution < 1.29 is 19.4 Å². The van der Waals surface area contributed by atoms with Gasteiger partial charge in [-0.15, -0.1) is 0 Å². The van der Waals surface area contributed by atoms with Crippen LogP contribution in [0.4, 0.5) is 0 Å². The van der Waals surface area contributed by atoms with Crippen molar-refractivity contribution in [3.8, 4) is 0 Å². The minimum atomic E-state index is -1.02. The van der Waals surface area contributed by atoms with Crippen LogP contribution in [0, 0.1) is 40.4 Å². The first-order valence-electron chi connectivity index (χ1n) is 11.0. The number of carbonyl (C=O) groups is 2. The van der Waals surface area contributed by atoms with E-state index >= 15 is 0 Å². The Morgan fingerprint density at radius 2 is 1.79 bits per heavy atom. The van der Waals surface area contributed by atoms with E-state index in [1.54, 1.807) is 6.92 Å². The van der Waals surface area contributed by atoms with Crippen molar-refractivity contribution in [3.63, 3.8) is 0 Å². The Hall–Kier alpha value is -1.13. The van der Waals surface area contributed by atoms with Gasteiger partial charge in [-0.25, -0.2) is 0 Å². The first-order chi connectivity index (χ1) is 13.6. The Bertz CT molecular complexity index is 861. The Kier molecular flexibility index (Phi) is 4.08. The van der Waals surface area contributed by atoms with Crippen molar-refractivity contribution in [3.05, 3.63) is 22.8 Å². The maximum atomic E-state index is 12.8. The lowest BCUT2D eigenvalue weighted by molar-refractivity contribution is -0.185. The van der Waals surface area contributed by atoms with Crippen molar-refractivity contribution >= 4 is 23.4 Å². The fraction of sp³-hybridized carbons (Fsp3) is 0.750. The van der Waals surface area contributed by atoms with Crippen molar-refractivity contribution in [1.29, 1.82) is 0 Å². The lowest BCUT2D eigenvalue weighted by Gasteiger charge is -2.58. The topological polar surface area (TPSA) is 63.6 Å². The maximum absolute atomic E-state index is 12.8. The number of hydrogen-bond donors (Lipinski definition) is 1. The Morgan fingerprint density at radius 1 is 1.10 bits per heavy atom. The minimum Gasteiger partial charge on any atom is -0.451 e. The van der Waals surface area contributed by atoms with Crippen LogP contribution in [0.5, 0.6) is 0 Å². The summed E-state index contributed by atoms with van der Waals surface area (Å²) in [7, 11) is 0. The predicted octanol–water partition coefficient (Wildman–Crippen LogP) is 4.40. The molecule has 29 heavy (non-hydrogen) atoms. The molecule has 4 nitrogen and oxygen atoms in total. The molecule has 5 rings (SSSR count). The first-order valence-corrected chi connectivity index (χ1v) is 11.4. The van der Waals surface area contributed by atoms with Gasteiger partial charge in [-0.1, -0.05) is 37.6 Å². The van der Waals surface area contributed by atoms with Crippen molar-refractivity contribution in [2.75, 3.05) is 0 Å². The number of fused-ring (bicyclic) bond motifs is 7. The summed E-state index contributed by atoms with van der Waals surface area (Å²) in [4.78, 5) is 24.8. The molecule has 0 aromatic carbocycles. The quantitative estimate of drug-likeness (QED) is 0.675. The van der Waals surface area contributed by atoms with Gasteiger partial charge in [0.05, 0.1) is 6.10 Å². The molecule has 1 N–H and O–H groups in total. The molecule has 0 amide bonds. The number of esters is 1. The monoisotopic (exact) mass is 418 g/mol. The van der Waals surface area contributed by atoms with Gasteiger partial charge in [-0.3, -0.25) is 9.59 Å². The number of rotatable bonds is 2. The van der Waals surface area contributed by atoms with Gasteiger partial charge in [-0.05, 0) is 74.2 Å². The number of carbonyl (C=O) groups excluding carboxylic acids is 2. The third-order valence-corrected chi connectivity index (χ3v) is 10.0. The summed E-state index contributed by atoms with van der Waals surface area (Å²) in [6.07, 6.45) is 8.22. The fourth-order valence-corrected chi connectivity index (χ4v) is 8.63. The largest absolute Gasteiger partial charge is 0.451 e. The number of halogens is 1. The molecule has 0 heterocycles. The zero-order valence-electron chi connectivity index (χ0n) is 17.7. The molecular weight excluding hydrogens is 388 g/mol. The molecule has 0 saturated heterocycles. The van der Waals surface area contributed by atoms with Crippen molar-refractivity contribution in [2.45, 2.75) is 71.5 Å². The van der Waals surface area contributed by atoms with Crippen LogP contribution in [0.15, 0.2) is 22.8 Å². The van der Waals surface area contributed by atoms with E-state index in [0.717, 1.165) is 36.3 Å². The van der Waals surface area contributed by atoms with Gasteiger partial charge in [-0.2, -0.15) is 0 Å². The Morgan fingerprint density at radius 3 is 2.45 bits per heavy atom. The van der Waals surface area contributed by atoms with E-state index in [0.29, 0.717) is 24.2 Å². The molecule has 0 aromatic heterocycles. The van der Waals surface area contributed by atoms with E-state index in [2.05, 4.69) is 19.9 Å². The maximum Gasteiger partial charge on any atom is 0.303 e. The molecule has 158 valence electrons. The third-order valence-electron chi connectivity index (χ3n) is 9.67. The Balaban J connectivity index is 1.59. The van der Waals surface area contributed by atoms with Crippen LogP contribution >= 0.6 is 11.6 Å². The van der Waals surface area contributed by atoms with Gasteiger partial charge in [0.2, 0.25) is 0 Å². The standard InChI is InChI=1S/C24H31ClO4/c1-12(26)24(29-13(2)27)8-6-16-14-10-20(25)19-11-21(28)15-9-18(15)23(19,4)17(14)5-7-22(16,24)3/h10-11,14-18,21,28H,5-9H2,1-4H3/t14-,15+,16-,17-,18-,21+,22-,23-,24-/m0/s1. The second kappa shape index (κ2) is 5.97. The molecule has 5 heteroatoms. The summed E-state index contributed by atoms with van der Waals surface area (Å²) in [5.74, 6) is 1.44. The van der Waals surface area contributed by atoms with Gasteiger partial charge in [0.1, 0.15) is 0 Å². The van der Waals surface area contributed by atoms with Crippen LogP contribution in [0.1, 0.15) is 59.8 Å². The molecule has 0 unspecified atom stereocenters. The second-order valence-corrected chi connectivity index (χ2v) is 11.0. The molecule has 3 fully saturated rings. The van der Waals surface area contributed by atoms with Gasteiger partial charge >= 0.3 is 5.97 Å². The number of ether oxygens (including phenoxy) is 1. The number of hydrogen-bond acceptors (Lipinski definition) is 4. The van der Waals surface area contributed by atoms with E-state index in [1.807, 2.05) is 6.08 Å². The van der Waals surface area contributed by atoms with E-state index in [-0.39, 0.29) is 40.5 Å². The molecule has 0 bridgehead atoms. The van der Waals surface area contributed by atoms with Crippen LogP contribution in [-0.4, -0.2) is 28.6 Å². The summed E-state index contributed by atoms with van der Waals surface area (Å²) in [6, 6.07) is 0. The highest BCUT2D eigenvalue weighted by Crippen LogP contribution is 2.72. The van der Waals surface area contributed by atoms with Crippen molar-refractivity contribution in [2.24, 2.45) is 40.4 Å². The molecule has 0 aromatic rings. The summed E-state index contributed by atoms with van der Waals surface area (Å²) in [5, 5.41) is 11.2. The fourth-order valence-electron chi connectivity index (χ4n) is 8.22. The van der Waals surface area contributed by atoms with Crippen LogP contribution in [-0.2, 0) is 14.3 Å². The zero-order chi connectivity index (χ0) is 20.9. The SMILES string of the molecule is CC(=O)O[C@]1(C(C)=O)CC[C@H]2[C@@H]3C=C(Cl)C4=C[C@@H](O)[C@@H]5C[C@@H]5[C@]4(C)[C@H]3CC[C@@]21C. The van der Waals surface area contributed by atoms with E-state index in [4.69, 9.17) is 16.3 Å². The average molecular weight is 419 g/mol. The predicted molar refractivity (Wildman–Crippen MR) is 110 cm³/mol. The minimum absolute atomic E-state index is 0.00929. The number of Topliss-reactive ketones (excluding diaryl/α,β-unsaturated/α-hetero) is 1. The average Bonchev–Trinajstić information content (AvgIpc) is 3.39. The lowest BCUT2D eigenvalue weighted by Crippen LogP contribution is -2.58. The number of ketones is 1. The van der Waals surface area contributed by atoms with E-state index < -0.39 is 5.60 Å². The van der Waals surface area contributed by atoms with E-state index in [9.17, 15) is 14.7 Å². The molecular formula is C24H31ClO4. The van der Waals surface area contributed by atoms with Gasteiger partial charge in [0.15, 0.2) is 11.4 Å². The highest BCUT2D eigenvalue weighted by Gasteiger charge is 2.70. The van der Waals surface area contributed by atoms with Crippen LogP contribution in [0.25, 0.3) is 0 Å². The smallest absolute Gasteiger partial charge is 0.303 e. The van der Waals surface area contributed by atoms with E-state index in [1.165, 1.54) is 6.92 Å². The van der Waals surface area contributed by atoms with Gasteiger partial charge in [0, 0.05) is 22.8 Å². The Labute approximate surface area is 177 Å².